The summed E-state index contributed by atoms with van der Waals surface area (Å²) < 4.78 is 0. The highest BCUT2D eigenvalue weighted by Gasteiger charge is 1.99. The van der Waals surface area contributed by atoms with Gasteiger partial charge in [-0.15, -0.1) is 0 Å². The molecule has 0 saturated carbocycles. The van der Waals surface area contributed by atoms with Crippen LogP contribution in [0.4, 0.5) is 0 Å². The zero-order valence-electron chi connectivity index (χ0n) is 6.82. The highest BCUT2D eigenvalue weighted by atomic mass is 16.4. The van der Waals surface area contributed by atoms with E-state index in [-0.39, 0.29) is 6.42 Å². The third kappa shape index (κ3) is 2.65. The molecule has 1 heterocycles. The summed E-state index contributed by atoms with van der Waals surface area (Å²) in [4.78, 5) is 18.1. The third-order valence-corrected chi connectivity index (χ3v) is 1.46. The van der Waals surface area contributed by atoms with Gasteiger partial charge in [0.1, 0.15) is 6.33 Å². The Morgan fingerprint density at radius 3 is 2.92 bits per heavy atom. The fraction of sp³-hybridized carbons (Fsp3) is 0.375. The molecule has 4 heteroatoms. The van der Waals surface area contributed by atoms with Crippen LogP contribution in [-0.4, -0.2) is 21.0 Å². The van der Waals surface area contributed by atoms with Crippen LogP contribution in [0.1, 0.15) is 17.8 Å². The summed E-state index contributed by atoms with van der Waals surface area (Å²) in [7, 11) is 0. The van der Waals surface area contributed by atoms with E-state index in [2.05, 4.69) is 9.97 Å². The lowest BCUT2D eigenvalue weighted by Crippen LogP contribution is -1.99. The minimum Gasteiger partial charge on any atom is -0.481 e. The molecule has 1 rings (SSSR count). The van der Waals surface area contributed by atoms with Gasteiger partial charge in [0.05, 0.1) is 6.42 Å². The molecule has 1 aromatic rings. The molecule has 0 aliphatic rings. The van der Waals surface area contributed by atoms with Crippen molar-refractivity contribution in [3.8, 4) is 0 Å². The number of aromatic nitrogens is 2. The van der Waals surface area contributed by atoms with Crippen molar-refractivity contribution < 1.29 is 9.90 Å². The average Bonchev–Trinajstić information content (AvgIpc) is 2.01. The highest BCUT2D eigenvalue weighted by molar-refractivity contribution is 5.66. The lowest BCUT2D eigenvalue weighted by Gasteiger charge is -1.97. The smallest absolute Gasteiger partial charge is 0.303 e. The van der Waals surface area contributed by atoms with E-state index < -0.39 is 5.97 Å². The molecule has 4 nitrogen and oxygen atoms in total. The van der Waals surface area contributed by atoms with Crippen LogP contribution < -0.4 is 0 Å². The molecule has 0 fully saturated rings. The van der Waals surface area contributed by atoms with E-state index in [0.717, 1.165) is 11.4 Å². The SMILES string of the molecule is Cc1cc(CCC(=O)O)ncn1. The van der Waals surface area contributed by atoms with E-state index in [1.165, 1.54) is 6.33 Å². The molecule has 0 saturated heterocycles. The Labute approximate surface area is 70.3 Å². The van der Waals surface area contributed by atoms with Gasteiger partial charge in [0.25, 0.3) is 0 Å². The first-order valence-electron chi connectivity index (χ1n) is 3.68. The van der Waals surface area contributed by atoms with E-state index in [4.69, 9.17) is 5.11 Å². The molecule has 0 atom stereocenters. The van der Waals surface area contributed by atoms with Crippen molar-refractivity contribution in [1.29, 1.82) is 0 Å². The second-order valence-corrected chi connectivity index (χ2v) is 2.54. The van der Waals surface area contributed by atoms with Gasteiger partial charge in [-0.05, 0) is 13.0 Å². The molecular formula is C8H10N2O2. The number of carboxylic acid groups (broad SMARTS) is 1. The van der Waals surface area contributed by atoms with Gasteiger partial charge in [0.2, 0.25) is 0 Å². The van der Waals surface area contributed by atoms with E-state index >= 15 is 0 Å². The predicted molar refractivity (Wildman–Crippen MR) is 42.7 cm³/mol. The van der Waals surface area contributed by atoms with Crippen LogP contribution in [0.15, 0.2) is 12.4 Å². The molecule has 0 spiro atoms. The summed E-state index contributed by atoms with van der Waals surface area (Å²) in [6, 6.07) is 1.79. The van der Waals surface area contributed by atoms with Crippen molar-refractivity contribution in [3.05, 3.63) is 23.8 Å². The second kappa shape index (κ2) is 3.80. The zero-order chi connectivity index (χ0) is 8.97. The van der Waals surface area contributed by atoms with E-state index in [0.29, 0.717) is 6.42 Å². The van der Waals surface area contributed by atoms with Crippen LogP contribution in [0.25, 0.3) is 0 Å². The minimum atomic E-state index is -0.800. The number of aliphatic carboxylic acids is 1. The summed E-state index contributed by atoms with van der Waals surface area (Å²) in [5.41, 5.74) is 1.65. The van der Waals surface area contributed by atoms with Crippen LogP contribution in [0, 0.1) is 6.92 Å². The quantitative estimate of drug-likeness (QED) is 0.721. The lowest BCUT2D eigenvalue weighted by atomic mass is 10.2. The molecular weight excluding hydrogens is 156 g/mol. The summed E-state index contributed by atoms with van der Waals surface area (Å²) in [6.07, 6.45) is 2.04. The first-order valence-corrected chi connectivity index (χ1v) is 3.68. The molecule has 0 bridgehead atoms. The molecule has 1 aromatic heterocycles. The number of nitrogens with zero attached hydrogens (tertiary/aromatic N) is 2. The highest BCUT2D eigenvalue weighted by Crippen LogP contribution is 1.99. The molecule has 0 unspecified atom stereocenters. The maximum absolute atomic E-state index is 10.2. The van der Waals surface area contributed by atoms with Crippen molar-refractivity contribution in [2.45, 2.75) is 19.8 Å². The first kappa shape index (κ1) is 8.64. The van der Waals surface area contributed by atoms with Gasteiger partial charge in [-0.3, -0.25) is 4.79 Å². The Bertz CT molecular complexity index is 286. The maximum Gasteiger partial charge on any atom is 0.303 e. The number of hydrogen-bond donors (Lipinski definition) is 1. The largest absolute Gasteiger partial charge is 0.481 e. The van der Waals surface area contributed by atoms with Crippen molar-refractivity contribution in [3.63, 3.8) is 0 Å². The zero-order valence-corrected chi connectivity index (χ0v) is 6.82. The normalized spacial score (nSPS) is 9.75. The van der Waals surface area contributed by atoms with Crippen molar-refractivity contribution in [2.75, 3.05) is 0 Å². The van der Waals surface area contributed by atoms with Crippen molar-refractivity contribution in [2.24, 2.45) is 0 Å². The van der Waals surface area contributed by atoms with E-state index in [1.807, 2.05) is 6.92 Å². The number of aryl methyl sites for hydroxylation is 2. The Kier molecular flexibility index (Phi) is 2.74. The number of carbonyl (C=O) groups is 1. The maximum atomic E-state index is 10.2. The molecule has 12 heavy (non-hydrogen) atoms. The monoisotopic (exact) mass is 166 g/mol. The Balaban J connectivity index is 2.57. The van der Waals surface area contributed by atoms with Gasteiger partial charge >= 0.3 is 5.97 Å². The van der Waals surface area contributed by atoms with Crippen LogP contribution in [0.3, 0.4) is 0 Å². The number of hydrogen-bond acceptors (Lipinski definition) is 3. The first-order chi connectivity index (χ1) is 5.68. The molecule has 0 aliphatic heterocycles. The van der Waals surface area contributed by atoms with Gasteiger partial charge < -0.3 is 5.11 Å². The fourth-order valence-electron chi connectivity index (χ4n) is 0.881. The molecule has 64 valence electrons. The summed E-state index contributed by atoms with van der Waals surface area (Å²) >= 11 is 0. The third-order valence-electron chi connectivity index (χ3n) is 1.46. The average molecular weight is 166 g/mol. The Morgan fingerprint density at radius 1 is 1.58 bits per heavy atom. The molecule has 0 radical (unpaired) electrons. The Hall–Kier alpha value is -1.45. The molecule has 0 aromatic carbocycles. The van der Waals surface area contributed by atoms with Gasteiger partial charge in [-0.2, -0.15) is 0 Å². The fourth-order valence-corrected chi connectivity index (χ4v) is 0.881. The number of rotatable bonds is 3. The van der Waals surface area contributed by atoms with Gasteiger partial charge in [-0.25, -0.2) is 9.97 Å². The molecule has 0 aliphatic carbocycles. The Morgan fingerprint density at radius 2 is 2.33 bits per heavy atom. The predicted octanol–water partition coefficient (Wildman–Crippen LogP) is 0.802. The number of carboxylic acids is 1. The summed E-state index contributed by atoms with van der Waals surface area (Å²) in [5.74, 6) is -0.800. The van der Waals surface area contributed by atoms with E-state index in [1.54, 1.807) is 6.07 Å². The minimum absolute atomic E-state index is 0.121. The van der Waals surface area contributed by atoms with Gasteiger partial charge in [0.15, 0.2) is 0 Å². The van der Waals surface area contributed by atoms with Crippen molar-refractivity contribution in [1.82, 2.24) is 9.97 Å². The summed E-state index contributed by atoms with van der Waals surface area (Å²) in [5, 5.41) is 8.40. The van der Waals surface area contributed by atoms with Crippen LogP contribution in [0.5, 0.6) is 0 Å². The lowest BCUT2D eigenvalue weighted by molar-refractivity contribution is -0.136. The van der Waals surface area contributed by atoms with Crippen molar-refractivity contribution >= 4 is 5.97 Å². The molecule has 0 amide bonds. The molecule has 1 N–H and O–H groups in total. The second-order valence-electron chi connectivity index (χ2n) is 2.54. The van der Waals surface area contributed by atoms with Crippen LogP contribution in [-0.2, 0) is 11.2 Å². The summed E-state index contributed by atoms with van der Waals surface area (Å²) in [6.45, 7) is 1.85. The van der Waals surface area contributed by atoms with Gasteiger partial charge in [-0.1, -0.05) is 0 Å². The van der Waals surface area contributed by atoms with Crippen LogP contribution >= 0.6 is 0 Å². The van der Waals surface area contributed by atoms with Crippen LogP contribution in [0.2, 0.25) is 0 Å². The van der Waals surface area contributed by atoms with Gasteiger partial charge in [0, 0.05) is 17.8 Å². The van der Waals surface area contributed by atoms with E-state index in [9.17, 15) is 4.79 Å². The topological polar surface area (TPSA) is 63.1 Å². The standard InChI is InChI=1S/C8H10N2O2/c1-6-4-7(10-5-9-6)2-3-8(11)12/h4-5H,2-3H2,1H3,(H,11,12).